The Bertz CT molecular complexity index is 1280. The highest BCUT2D eigenvalue weighted by atomic mass is 19.1. The largest absolute Gasteiger partial charge is 0.455 e. The van der Waals surface area contributed by atoms with Crippen molar-refractivity contribution >= 4 is 28.4 Å². The number of urea groups is 1. The summed E-state index contributed by atoms with van der Waals surface area (Å²) in [4.78, 5) is 24.8. The maximum Gasteiger partial charge on any atom is 0.328 e. The van der Waals surface area contributed by atoms with Gasteiger partial charge in [-0.15, -0.1) is 0 Å². The van der Waals surface area contributed by atoms with Crippen molar-refractivity contribution in [3.8, 4) is 11.5 Å². The molecule has 152 valence electrons. The first-order chi connectivity index (χ1) is 14.4. The van der Waals surface area contributed by atoms with Crippen LogP contribution in [-0.4, -0.2) is 15.2 Å². The molecule has 0 saturated heterocycles. The number of fused-ring (bicyclic) bond motifs is 1. The van der Waals surface area contributed by atoms with Gasteiger partial charge >= 0.3 is 11.7 Å². The number of imidazole rings is 1. The fourth-order valence-corrected chi connectivity index (χ4v) is 3.14. The number of aryl methyl sites for hydroxylation is 2. The number of ether oxygens (including phenoxy) is 1. The van der Waals surface area contributed by atoms with E-state index in [4.69, 9.17) is 4.74 Å². The van der Waals surface area contributed by atoms with E-state index in [0.717, 1.165) is 0 Å². The number of benzene rings is 3. The first-order valence-electron chi connectivity index (χ1n) is 9.18. The molecular formula is C22H19FN4O3. The van der Waals surface area contributed by atoms with Crippen LogP contribution >= 0.6 is 0 Å². The van der Waals surface area contributed by atoms with E-state index >= 15 is 0 Å². The molecule has 0 atom stereocenters. The molecule has 0 fully saturated rings. The SMILES string of the molecule is Cn1c(=O)n(C)c2cc(Oc3ccccc3)c(NC(=O)Nc3ccc(F)cc3)cc21. The fourth-order valence-electron chi connectivity index (χ4n) is 3.14. The third kappa shape index (κ3) is 3.75. The Morgan fingerprint density at radius 1 is 0.900 bits per heavy atom. The lowest BCUT2D eigenvalue weighted by molar-refractivity contribution is 0.262. The molecule has 0 radical (unpaired) electrons. The zero-order chi connectivity index (χ0) is 21.3. The highest BCUT2D eigenvalue weighted by Crippen LogP contribution is 2.33. The van der Waals surface area contributed by atoms with Gasteiger partial charge in [0.2, 0.25) is 0 Å². The van der Waals surface area contributed by atoms with Crippen LogP contribution in [0.4, 0.5) is 20.6 Å². The van der Waals surface area contributed by atoms with Crippen LogP contribution < -0.4 is 21.1 Å². The molecule has 0 spiro atoms. The number of nitrogens with zero attached hydrogens (tertiary/aromatic N) is 2. The van der Waals surface area contributed by atoms with E-state index in [1.54, 1.807) is 38.4 Å². The normalized spacial score (nSPS) is 10.8. The molecule has 4 aromatic rings. The smallest absolute Gasteiger partial charge is 0.328 e. The van der Waals surface area contributed by atoms with Crippen molar-refractivity contribution in [1.29, 1.82) is 0 Å². The first-order valence-corrected chi connectivity index (χ1v) is 9.18. The number of carbonyl (C=O) groups is 1. The van der Waals surface area contributed by atoms with Crippen LogP contribution in [0.2, 0.25) is 0 Å². The average Bonchev–Trinajstić information content (AvgIpc) is 2.94. The number of aromatic nitrogens is 2. The molecule has 1 aromatic heterocycles. The molecule has 2 amide bonds. The van der Waals surface area contributed by atoms with Crippen molar-refractivity contribution in [2.24, 2.45) is 14.1 Å². The molecule has 0 aliphatic carbocycles. The van der Waals surface area contributed by atoms with Gasteiger partial charge in [-0.2, -0.15) is 0 Å². The average molecular weight is 406 g/mol. The second-order valence-corrected chi connectivity index (χ2v) is 6.74. The molecular weight excluding hydrogens is 387 g/mol. The predicted molar refractivity (Wildman–Crippen MR) is 114 cm³/mol. The standard InChI is InChI=1S/C22H19FN4O3/c1-26-18-12-17(25-21(28)24-15-10-8-14(23)9-11-15)20(13-19(18)27(2)22(26)29)30-16-6-4-3-5-7-16/h3-13H,1-2H3,(H2,24,25,28). The summed E-state index contributed by atoms with van der Waals surface area (Å²) >= 11 is 0. The van der Waals surface area contributed by atoms with E-state index in [1.807, 2.05) is 18.2 Å². The van der Waals surface area contributed by atoms with E-state index in [1.165, 1.54) is 33.4 Å². The van der Waals surface area contributed by atoms with E-state index in [-0.39, 0.29) is 5.69 Å². The second kappa shape index (κ2) is 7.75. The maximum absolute atomic E-state index is 13.1. The summed E-state index contributed by atoms with van der Waals surface area (Å²) in [5, 5.41) is 5.39. The number of hydrogen-bond acceptors (Lipinski definition) is 3. The number of hydrogen-bond donors (Lipinski definition) is 2. The van der Waals surface area contributed by atoms with Gasteiger partial charge in [0.05, 0.1) is 16.7 Å². The van der Waals surface area contributed by atoms with Gasteiger partial charge in [-0.1, -0.05) is 18.2 Å². The van der Waals surface area contributed by atoms with E-state index in [0.29, 0.717) is 33.9 Å². The maximum atomic E-state index is 13.1. The van der Waals surface area contributed by atoms with Crippen LogP contribution in [0, 0.1) is 5.82 Å². The van der Waals surface area contributed by atoms with Crippen molar-refractivity contribution in [2.45, 2.75) is 0 Å². The topological polar surface area (TPSA) is 77.3 Å². The zero-order valence-corrected chi connectivity index (χ0v) is 16.3. The molecule has 4 rings (SSSR count). The van der Waals surface area contributed by atoms with Crippen molar-refractivity contribution in [1.82, 2.24) is 9.13 Å². The molecule has 30 heavy (non-hydrogen) atoms. The second-order valence-electron chi connectivity index (χ2n) is 6.74. The van der Waals surface area contributed by atoms with Crippen LogP contribution in [0.3, 0.4) is 0 Å². The number of rotatable bonds is 4. The van der Waals surface area contributed by atoms with Crippen molar-refractivity contribution in [2.75, 3.05) is 10.6 Å². The minimum Gasteiger partial charge on any atom is -0.455 e. The van der Waals surface area contributed by atoms with Gasteiger partial charge in [-0.05, 0) is 42.5 Å². The number of para-hydroxylation sites is 1. The summed E-state index contributed by atoms with van der Waals surface area (Å²) < 4.78 is 22.0. The van der Waals surface area contributed by atoms with Gasteiger partial charge in [0.25, 0.3) is 0 Å². The van der Waals surface area contributed by atoms with Crippen molar-refractivity contribution in [3.05, 3.63) is 83.0 Å². The van der Waals surface area contributed by atoms with Crippen LogP contribution in [-0.2, 0) is 14.1 Å². The van der Waals surface area contributed by atoms with E-state index < -0.39 is 11.8 Å². The summed E-state index contributed by atoms with van der Waals surface area (Å²) in [7, 11) is 3.33. The third-order valence-electron chi connectivity index (χ3n) is 4.69. The quantitative estimate of drug-likeness (QED) is 0.526. The predicted octanol–water partition coefficient (Wildman–Crippen LogP) is 4.45. The van der Waals surface area contributed by atoms with Gasteiger partial charge in [-0.3, -0.25) is 9.13 Å². The summed E-state index contributed by atoms with van der Waals surface area (Å²) in [5.74, 6) is 0.568. The molecule has 3 aromatic carbocycles. The van der Waals surface area contributed by atoms with Gasteiger partial charge in [0.15, 0.2) is 5.75 Å². The molecule has 0 unspecified atom stereocenters. The minimum absolute atomic E-state index is 0.191. The van der Waals surface area contributed by atoms with E-state index in [2.05, 4.69) is 10.6 Å². The Kier molecular flexibility index (Phi) is 4.97. The van der Waals surface area contributed by atoms with Crippen molar-refractivity contribution < 1.29 is 13.9 Å². The van der Waals surface area contributed by atoms with Crippen LogP contribution in [0.5, 0.6) is 11.5 Å². The molecule has 0 aliphatic rings. The number of amides is 2. The lowest BCUT2D eigenvalue weighted by Crippen LogP contribution is -2.20. The first kappa shape index (κ1) is 19.3. The Hall–Kier alpha value is -4.07. The minimum atomic E-state index is -0.528. The molecule has 1 heterocycles. The number of halogens is 1. The monoisotopic (exact) mass is 406 g/mol. The van der Waals surface area contributed by atoms with Gasteiger partial charge in [0.1, 0.15) is 11.6 Å². The van der Waals surface area contributed by atoms with Crippen LogP contribution in [0.25, 0.3) is 11.0 Å². The molecule has 0 bridgehead atoms. The summed E-state index contributed by atoms with van der Waals surface area (Å²) in [6, 6.07) is 17.4. The molecule has 7 nitrogen and oxygen atoms in total. The Labute approximate surface area is 171 Å². The molecule has 2 N–H and O–H groups in total. The molecule has 0 saturated carbocycles. The third-order valence-corrected chi connectivity index (χ3v) is 4.69. The Balaban J connectivity index is 1.71. The summed E-state index contributed by atoms with van der Waals surface area (Å²) in [5.41, 5.74) is 1.93. The van der Waals surface area contributed by atoms with E-state index in [9.17, 15) is 14.0 Å². The number of nitrogens with one attached hydrogen (secondary N) is 2. The highest BCUT2D eigenvalue weighted by Gasteiger charge is 2.16. The van der Waals surface area contributed by atoms with Gasteiger partial charge in [0, 0.05) is 25.8 Å². The fraction of sp³-hybridized carbons (Fsp3) is 0.0909. The summed E-state index contributed by atoms with van der Waals surface area (Å²) in [6.45, 7) is 0. The Morgan fingerprint density at radius 3 is 2.20 bits per heavy atom. The zero-order valence-electron chi connectivity index (χ0n) is 16.3. The molecule has 0 aliphatic heterocycles. The molecule has 8 heteroatoms. The van der Waals surface area contributed by atoms with Gasteiger partial charge < -0.3 is 15.4 Å². The van der Waals surface area contributed by atoms with Gasteiger partial charge in [-0.25, -0.2) is 14.0 Å². The lowest BCUT2D eigenvalue weighted by Gasteiger charge is -2.14. The number of anilines is 2. The van der Waals surface area contributed by atoms with Crippen LogP contribution in [0.15, 0.2) is 71.5 Å². The van der Waals surface area contributed by atoms with Crippen LogP contribution in [0.1, 0.15) is 0 Å². The highest BCUT2D eigenvalue weighted by molar-refractivity contribution is 6.02. The number of carbonyl (C=O) groups excluding carboxylic acids is 1. The Morgan fingerprint density at radius 2 is 1.53 bits per heavy atom. The lowest BCUT2D eigenvalue weighted by atomic mass is 10.2. The summed E-state index contributed by atoms with van der Waals surface area (Å²) in [6.07, 6.45) is 0. The van der Waals surface area contributed by atoms with Crippen molar-refractivity contribution in [3.63, 3.8) is 0 Å².